The standard InChI is InChI=1S/C15H14ClNO3S/c16-14-6-5-10(21-14)7-8-17-15(18)13-9-19-11-3-1-2-4-12(11)20-13/h1-6,13H,7-9H2,(H,17,18)/t13-/m1/s1. The minimum atomic E-state index is -0.605. The second-order valence-corrected chi connectivity index (χ2v) is 6.41. The summed E-state index contributed by atoms with van der Waals surface area (Å²) in [5.41, 5.74) is 0. The third-order valence-corrected chi connectivity index (χ3v) is 4.39. The number of hydrogen-bond acceptors (Lipinski definition) is 4. The number of benzene rings is 1. The molecule has 110 valence electrons. The van der Waals surface area contributed by atoms with Crippen molar-refractivity contribution in [2.24, 2.45) is 0 Å². The van der Waals surface area contributed by atoms with E-state index in [1.165, 1.54) is 11.3 Å². The quantitative estimate of drug-likeness (QED) is 0.941. The second-order valence-electron chi connectivity index (χ2n) is 4.61. The van der Waals surface area contributed by atoms with Crippen LogP contribution in [0.2, 0.25) is 4.34 Å². The molecule has 2 heterocycles. The number of carbonyl (C=O) groups is 1. The smallest absolute Gasteiger partial charge is 0.264 e. The third-order valence-electron chi connectivity index (χ3n) is 3.10. The lowest BCUT2D eigenvalue weighted by molar-refractivity contribution is -0.130. The summed E-state index contributed by atoms with van der Waals surface area (Å²) in [5, 5.41) is 2.86. The molecule has 1 amide bonds. The Kier molecular flexibility index (Phi) is 4.31. The van der Waals surface area contributed by atoms with Crippen molar-refractivity contribution in [3.05, 3.63) is 45.6 Å². The van der Waals surface area contributed by atoms with E-state index in [-0.39, 0.29) is 12.5 Å². The number of carbonyl (C=O) groups excluding carboxylic acids is 1. The van der Waals surface area contributed by atoms with Crippen LogP contribution in [0.25, 0.3) is 0 Å². The van der Waals surface area contributed by atoms with Crippen molar-refractivity contribution in [2.75, 3.05) is 13.2 Å². The summed E-state index contributed by atoms with van der Waals surface area (Å²) in [5.74, 6) is 1.12. The van der Waals surface area contributed by atoms with Gasteiger partial charge in [0.25, 0.3) is 5.91 Å². The second kappa shape index (κ2) is 6.37. The van der Waals surface area contributed by atoms with Crippen molar-refractivity contribution in [1.82, 2.24) is 5.32 Å². The largest absolute Gasteiger partial charge is 0.485 e. The first-order valence-electron chi connectivity index (χ1n) is 6.63. The normalized spacial score (nSPS) is 16.5. The average Bonchev–Trinajstić information content (AvgIpc) is 2.92. The molecule has 4 nitrogen and oxygen atoms in total. The molecule has 6 heteroatoms. The van der Waals surface area contributed by atoms with Crippen LogP contribution in [0.3, 0.4) is 0 Å². The van der Waals surface area contributed by atoms with Crippen LogP contribution in [0.4, 0.5) is 0 Å². The first-order chi connectivity index (χ1) is 10.2. The van der Waals surface area contributed by atoms with Gasteiger partial charge in [-0.1, -0.05) is 23.7 Å². The van der Waals surface area contributed by atoms with E-state index in [2.05, 4.69) is 5.32 Å². The Morgan fingerprint density at radius 2 is 2.10 bits per heavy atom. The van der Waals surface area contributed by atoms with Gasteiger partial charge in [0.1, 0.15) is 6.61 Å². The summed E-state index contributed by atoms with van der Waals surface area (Å²) in [6.45, 7) is 0.783. The van der Waals surface area contributed by atoms with Gasteiger partial charge in [-0.05, 0) is 30.7 Å². The molecule has 2 aromatic rings. The van der Waals surface area contributed by atoms with Crippen molar-refractivity contribution in [3.8, 4) is 11.5 Å². The molecular formula is C15H14ClNO3S. The van der Waals surface area contributed by atoms with E-state index in [0.29, 0.717) is 18.0 Å². The average molecular weight is 324 g/mol. The monoisotopic (exact) mass is 323 g/mol. The molecular weight excluding hydrogens is 310 g/mol. The van der Waals surface area contributed by atoms with Crippen LogP contribution in [0.15, 0.2) is 36.4 Å². The van der Waals surface area contributed by atoms with Crippen molar-refractivity contribution >= 4 is 28.8 Å². The topological polar surface area (TPSA) is 47.6 Å². The SMILES string of the molecule is O=C(NCCc1ccc(Cl)s1)[C@H]1COc2ccccc2O1. The van der Waals surface area contributed by atoms with Crippen molar-refractivity contribution in [2.45, 2.75) is 12.5 Å². The fraction of sp³-hybridized carbons (Fsp3) is 0.267. The van der Waals surface area contributed by atoms with E-state index in [0.717, 1.165) is 15.6 Å². The van der Waals surface area contributed by atoms with E-state index >= 15 is 0 Å². The van der Waals surface area contributed by atoms with Crippen LogP contribution in [0.1, 0.15) is 4.88 Å². The Morgan fingerprint density at radius 1 is 1.29 bits per heavy atom. The van der Waals surface area contributed by atoms with Gasteiger partial charge in [-0.3, -0.25) is 4.79 Å². The molecule has 1 aromatic heterocycles. The summed E-state index contributed by atoms with van der Waals surface area (Å²) < 4.78 is 11.9. The van der Waals surface area contributed by atoms with Gasteiger partial charge >= 0.3 is 0 Å². The van der Waals surface area contributed by atoms with Crippen molar-refractivity contribution in [1.29, 1.82) is 0 Å². The highest BCUT2D eigenvalue weighted by Gasteiger charge is 2.26. The van der Waals surface area contributed by atoms with Gasteiger partial charge in [0.05, 0.1) is 4.34 Å². The number of thiophene rings is 1. The molecule has 0 aliphatic carbocycles. The molecule has 0 saturated carbocycles. The number of fused-ring (bicyclic) bond motifs is 1. The summed E-state index contributed by atoms with van der Waals surface area (Å²) >= 11 is 7.39. The molecule has 1 aromatic carbocycles. The number of ether oxygens (including phenoxy) is 2. The molecule has 1 aliphatic heterocycles. The van der Waals surface area contributed by atoms with Crippen LogP contribution in [-0.4, -0.2) is 25.2 Å². The first kappa shape index (κ1) is 14.2. The van der Waals surface area contributed by atoms with Gasteiger partial charge in [0, 0.05) is 11.4 Å². The number of hydrogen-bond donors (Lipinski definition) is 1. The lowest BCUT2D eigenvalue weighted by Crippen LogP contribution is -2.44. The molecule has 1 N–H and O–H groups in total. The fourth-order valence-corrected chi connectivity index (χ4v) is 3.14. The van der Waals surface area contributed by atoms with Gasteiger partial charge in [-0.15, -0.1) is 11.3 Å². The summed E-state index contributed by atoms with van der Waals surface area (Å²) in [6, 6.07) is 11.2. The highest BCUT2D eigenvalue weighted by atomic mass is 35.5. The summed E-state index contributed by atoms with van der Waals surface area (Å²) in [7, 11) is 0. The minimum absolute atomic E-state index is 0.160. The number of amides is 1. The van der Waals surface area contributed by atoms with Gasteiger partial charge < -0.3 is 14.8 Å². The maximum absolute atomic E-state index is 12.1. The lowest BCUT2D eigenvalue weighted by Gasteiger charge is -2.25. The van der Waals surface area contributed by atoms with E-state index in [1.54, 1.807) is 6.07 Å². The van der Waals surface area contributed by atoms with Crippen LogP contribution < -0.4 is 14.8 Å². The van der Waals surface area contributed by atoms with E-state index in [1.807, 2.05) is 30.3 Å². The predicted molar refractivity (Wildman–Crippen MR) is 82.4 cm³/mol. The zero-order valence-electron chi connectivity index (χ0n) is 11.2. The van der Waals surface area contributed by atoms with Gasteiger partial charge in [-0.25, -0.2) is 0 Å². The van der Waals surface area contributed by atoms with Crippen molar-refractivity contribution < 1.29 is 14.3 Å². The van der Waals surface area contributed by atoms with Crippen LogP contribution in [0, 0.1) is 0 Å². The van der Waals surface area contributed by atoms with Crippen LogP contribution in [0.5, 0.6) is 11.5 Å². The summed E-state index contributed by atoms with van der Waals surface area (Å²) in [6.07, 6.45) is 0.152. The first-order valence-corrected chi connectivity index (χ1v) is 7.82. The van der Waals surface area contributed by atoms with Gasteiger partial charge in [0.15, 0.2) is 11.5 Å². The molecule has 21 heavy (non-hydrogen) atoms. The van der Waals surface area contributed by atoms with Crippen LogP contribution >= 0.6 is 22.9 Å². The Balaban J connectivity index is 1.50. The molecule has 3 rings (SSSR count). The van der Waals surface area contributed by atoms with Crippen LogP contribution in [-0.2, 0) is 11.2 Å². The van der Waals surface area contributed by atoms with E-state index in [9.17, 15) is 4.79 Å². The van der Waals surface area contributed by atoms with Crippen molar-refractivity contribution in [3.63, 3.8) is 0 Å². The number of rotatable bonds is 4. The molecule has 0 spiro atoms. The summed E-state index contributed by atoms with van der Waals surface area (Å²) in [4.78, 5) is 13.2. The molecule has 1 aliphatic rings. The highest BCUT2D eigenvalue weighted by Crippen LogP contribution is 2.30. The van der Waals surface area contributed by atoms with E-state index < -0.39 is 6.10 Å². The predicted octanol–water partition coefficient (Wildman–Crippen LogP) is 2.90. The Bertz CT molecular complexity index is 643. The fourth-order valence-electron chi connectivity index (χ4n) is 2.06. The molecule has 0 unspecified atom stereocenters. The molecule has 1 atom stereocenters. The Labute approximate surface area is 131 Å². The number of halogens is 1. The van der Waals surface area contributed by atoms with Gasteiger partial charge in [0.2, 0.25) is 6.10 Å². The van der Waals surface area contributed by atoms with Gasteiger partial charge in [-0.2, -0.15) is 0 Å². The number of para-hydroxylation sites is 2. The number of nitrogens with one attached hydrogen (secondary N) is 1. The third kappa shape index (κ3) is 3.49. The zero-order valence-corrected chi connectivity index (χ0v) is 12.7. The molecule has 0 radical (unpaired) electrons. The molecule has 0 saturated heterocycles. The molecule has 0 bridgehead atoms. The maximum Gasteiger partial charge on any atom is 0.264 e. The highest BCUT2D eigenvalue weighted by molar-refractivity contribution is 7.16. The Morgan fingerprint density at radius 3 is 2.86 bits per heavy atom. The molecule has 0 fully saturated rings. The maximum atomic E-state index is 12.1. The minimum Gasteiger partial charge on any atom is -0.485 e. The van der Waals surface area contributed by atoms with E-state index in [4.69, 9.17) is 21.1 Å². The Hall–Kier alpha value is -1.72. The lowest BCUT2D eigenvalue weighted by atomic mass is 10.2. The zero-order chi connectivity index (χ0) is 14.7.